The van der Waals surface area contributed by atoms with Crippen molar-refractivity contribution in [3.05, 3.63) is 36.2 Å². The Kier molecular flexibility index (Phi) is 5.93. The number of benzene rings is 1. The molecule has 4 aromatic rings. The summed E-state index contributed by atoms with van der Waals surface area (Å²) in [7, 11) is 0. The summed E-state index contributed by atoms with van der Waals surface area (Å²) in [6, 6.07) is 7.55. The van der Waals surface area contributed by atoms with Gasteiger partial charge in [0.2, 0.25) is 5.91 Å². The van der Waals surface area contributed by atoms with Crippen molar-refractivity contribution >= 4 is 45.5 Å². The van der Waals surface area contributed by atoms with Crippen molar-refractivity contribution in [3.8, 4) is 0 Å². The van der Waals surface area contributed by atoms with Gasteiger partial charge in [-0.25, -0.2) is 14.6 Å². The van der Waals surface area contributed by atoms with E-state index in [1.807, 2.05) is 41.4 Å². The monoisotopic (exact) mass is 451 g/mol. The summed E-state index contributed by atoms with van der Waals surface area (Å²) in [5.41, 5.74) is 2.14. The van der Waals surface area contributed by atoms with Crippen molar-refractivity contribution in [2.24, 2.45) is 0 Å². The molecule has 10 heteroatoms. The van der Waals surface area contributed by atoms with Crippen LogP contribution < -0.4 is 10.2 Å². The molecule has 32 heavy (non-hydrogen) atoms. The predicted octanol–water partition coefficient (Wildman–Crippen LogP) is 3.04. The first-order chi connectivity index (χ1) is 15.7. The van der Waals surface area contributed by atoms with Crippen LogP contribution in [0.15, 0.2) is 40.1 Å². The van der Waals surface area contributed by atoms with Crippen LogP contribution in [-0.4, -0.2) is 56.7 Å². The number of hydrogen-bond acceptors (Lipinski definition) is 8. The molecule has 0 bridgehead atoms. The third-order valence-electron chi connectivity index (χ3n) is 5.72. The van der Waals surface area contributed by atoms with E-state index in [4.69, 9.17) is 14.5 Å². The van der Waals surface area contributed by atoms with Crippen molar-refractivity contribution in [1.29, 1.82) is 0 Å². The van der Waals surface area contributed by atoms with Crippen molar-refractivity contribution in [1.82, 2.24) is 30.2 Å². The van der Waals surface area contributed by atoms with Crippen molar-refractivity contribution in [3.63, 3.8) is 0 Å². The van der Waals surface area contributed by atoms with Crippen LogP contribution in [0.25, 0.3) is 22.0 Å². The predicted molar refractivity (Wildman–Crippen MR) is 124 cm³/mol. The quantitative estimate of drug-likeness (QED) is 0.338. The highest BCUT2D eigenvalue weighted by Crippen LogP contribution is 2.28. The lowest BCUT2D eigenvalue weighted by atomic mass is 10.1. The molecule has 1 amide bonds. The van der Waals surface area contributed by atoms with Crippen molar-refractivity contribution in [2.45, 2.75) is 37.4 Å². The van der Waals surface area contributed by atoms with Gasteiger partial charge in [-0.3, -0.25) is 4.79 Å². The Bertz CT molecular complexity index is 1250. The van der Waals surface area contributed by atoms with Crippen LogP contribution in [0.1, 0.15) is 25.0 Å². The number of carbonyl (C=O) groups is 1. The standard InChI is InChI=1S/C22H25N7O2S/c1-32-22-25-20(28-10-5-2-6-11-28)16-14-24-29(21(16)26-22)12-9-23-19(30)13-17-15-7-3-4-8-18(15)31-27-17/h3-4,7-8,14H,2,5-6,9-13H2,1H3,(H,23,30). The fourth-order valence-electron chi connectivity index (χ4n) is 4.10. The summed E-state index contributed by atoms with van der Waals surface area (Å²) < 4.78 is 7.12. The number of fused-ring (bicyclic) bond motifs is 2. The molecule has 1 aliphatic rings. The summed E-state index contributed by atoms with van der Waals surface area (Å²) in [4.78, 5) is 24.2. The number of nitrogens with one attached hydrogen (secondary N) is 1. The molecule has 0 aliphatic carbocycles. The van der Waals surface area contributed by atoms with Gasteiger partial charge in [0.25, 0.3) is 0 Å². The molecule has 0 radical (unpaired) electrons. The number of amides is 1. The van der Waals surface area contributed by atoms with Crippen molar-refractivity contribution < 1.29 is 9.32 Å². The number of anilines is 1. The highest BCUT2D eigenvalue weighted by atomic mass is 32.2. The van der Waals surface area contributed by atoms with E-state index in [0.717, 1.165) is 40.5 Å². The lowest BCUT2D eigenvalue weighted by molar-refractivity contribution is -0.120. The number of para-hydroxylation sites is 1. The van der Waals surface area contributed by atoms with E-state index in [0.29, 0.717) is 24.4 Å². The Hall–Kier alpha value is -3.14. The van der Waals surface area contributed by atoms with Crippen LogP contribution >= 0.6 is 11.8 Å². The molecule has 1 aromatic carbocycles. The SMILES string of the molecule is CSc1nc(N2CCCCC2)c2cnn(CCNC(=O)Cc3noc4ccccc34)c2n1. The number of carbonyl (C=O) groups excluding carboxylic acids is 1. The average molecular weight is 452 g/mol. The molecular formula is C22H25N7O2S. The summed E-state index contributed by atoms with van der Waals surface area (Å²) in [5.74, 6) is 0.862. The summed E-state index contributed by atoms with van der Waals surface area (Å²) in [6.45, 7) is 3.00. The zero-order valence-corrected chi connectivity index (χ0v) is 18.8. The lowest BCUT2D eigenvalue weighted by Gasteiger charge is -2.28. The maximum Gasteiger partial charge on any atom is 0.226 e. The molecule has 4 heterocycles. The Labute approximate surface area is 189 Å². The van der Waals surface area contributed by atoms with Gasteiger partial charge in [0.05, 0.1) is 24.5 Å². The van der Waals surface area contributed by atoms with Crippen LogP contribution in [0.4, 0.5) is 5.82 Å². The van der Waals surface area contributed by atoms with Gasteiger partial charge in [-0.1, -0.05) is 29.1 Å². The summed E-state index contributed by atoms with van der Waals surface area (Å²) in [6.07, 6.45) is 7.63. The van der Waals surface area contributed by atoms with Crippen LogP contribution in [0.3, 0.4) is 0 Å². The van der Waals surface area contributed by atoms with E-state index in [1.165, 1.54) is 31.0 Å². The van der Waals surface area contributed by atoms with Gasteiger partial charge in [-0.15, -0.1) is 0 Å². The summed E-state index contributed by atoms with van der Waals surface area (Å²) >= 11 is 1.53. The van der Waals surface area contributed by atoms with Gasteiger partial charge < -0.3 is 14.7 Å². The van der Waals surface area contributed by atoms with Gasteiger partial charge in [-0.05, 0) is 37.7 Å². The molecule has 1 aliphatic heterocycles. The Balaban J connectivity index is 1.27. The molecule has 0 saturated carbocycles. The average Bonchev–Trinajstić information content (AvgIpc) is 3.43. The van der Waals surface area contributed by atoms with Gasteiger partial charge in [-0.2, -0.15) is 5.10 Å². The Morgan fingerprint density at radius 3 is 2.84 bits per heavy atom. The number of nitrogens with zero attached hydrogens (tertiary/aromatic N) is 6. The second kappa shape index (κ2) is 9.15. The first-order valence-corrected chi connectivity index (χ1v) is 12.1. The van der Waals surface area contributed by atoms with E-state index in [9.17, 15) is 4.79 Å². The maximum absolute atomic E-state index is 12.4. The first-order valence-electron chi connectivity index (χ1n) is 10.9. The van der Waals surface area contributed by atoms with E-state index < -0.39 is 0 Å². The number of aromatic nitrogens is 5. The molecule has 5 rings (SSSR count). The molecule has 0 atom stereocenters. The molecule has 9 nitrogen and oxygen atoms in total. The maximum atomic E-state index is 12.4. The minimum absolute atomic E-state index is 0.103. The number of thioether (sulfide) groups is 1. The molecule has 1 fully saturated rings. The van der Waals surface area contributed by atoms with E-state index >= 15 is 0 Å². The van der Waals surface area contributed by atoms with Gasteiger partial charge in [0.1, 0.15) is 11.5 Å². The van der Waals surface area contributed by atoms with E-state index in [2.05, 4.69) is 20.5 Å². The highest BCUT2D eigenvalue weighted by molar-refractivity contribution is 7.98. The van der Waals surface area contributed by atoms with E-state index in [1.54, 1.807) is 0 Å². The number of rotatable bonds is 7. The van der Waals surface area contributed by atoms with Crippen LogP contribution in [0.2, 0.25) is 0 Å². The van der Waals surface area contributed by atoms with Gasteiger partial charge in [0.15, 0.2) is 16.4 Å². The van der Waals surface area contributed by atoms with Crippen LogP contribution in [0.5, 0.6) is 0 Å². The van der Waals surface area contributed by atoms with Crippen LogP contribution in [-0.2, 0) is 17.8 Å². The zero-order valence-electron chi connectivity index (χ0n) is 18.0. The fraction of sp³-hybridized carbons (Fsp3) is 0.409. The minimum atomic E-state index is -0.103. The molecule has 1 N–H and O–H groups in total. The highest BCUT2D eigenvalue weighted by Gasteiger charge is 2.20. The molecule has 0 unspecified atom stereocenters. The molecule has 3 aromatic heterocycles. The molecular weight excluding hydrogens is 426 g/mol. The smallest absolute Gasteiger partial charge is 0.226 e. The second-order valence-electron chi connectivity index (χ2n) is 7.84. The number of piperidine rings is 1. The van der Waals surface area contributed by atoms with Gasteiger partial charge in [0, 0.05) is 25.0 Å². The molecule has 1 saturated heterocycles. The second-order valence-corrected chi connectivity index (χ2v) is 8.61. The van der Waals surface area contributed by atoms with Crippen LogP contribution in [0, 0.1) is 0 Å². The number of hydrogen-bond donors (Lipinski definition) is 1. The first kappa shape index (κ1) is 20.7. The van der Waals surface area contributed by atoms with E-state index in [-0.39, 0.29) is 12.3 Å². The molecule has 0 spiro atoms. The minimum Gasteiger partial charge on any atom is -0.356 e. The Morgan fingerprint density at radius 2 is 2.00 bits per heavy atom. The Morgan fingerprint density at radius 1 is 1.16 bits per heavy atom. The summed E-state index contributed by atoms with van der Waals surface area (Å²) in [5, 5.41) is 14.1. The largest absolute Gasteiger partial charge is 0.356 e. The lowest BCUT2D eigenvalue weighted by Crippen LogP contribution is -2.30. The topological polar surface area (TPSA) is 102 Å². The zero-order chi connectivity index (χ0) is 21.9. The normalized spacial score (nSPS) is 14.3. The van der Waals surface area contributed by atoms with Crippen molar-refractivity contribution in [2.75, 3.05) is 30.8 Å². The molecule has 166 valence electrons. The third-order valence-corrected chi connectivity index (χ3v) is 6.27. The third kappa shape index (κ3) is 4.14. The fourth-order valence-corrected chi connectivity index (χ4v) is 4.46. The van der Waals surface area contributed by atoms with Gasteiger partial charge >= 0.3 is 0 Å².